The topological polar surface area (TPSA) is 80.4 Å². The summed E-state index contributed by atoms with van der Waals surface area (Å²) in [4.78, 5) is 0. The Hall–Kier alpha value is 0.140. The molecule has 0 spiro atoms. The molecule has 2 atom stereocenters. The van der Waals surface area contributed by atoms with Gasteiger partial charge in [0.15, 0.2) is 9.84 Å². The van der Waals surface area contributed by atoms with Crippen molar-refractivity contribution < 1.29 is 13.5 Å². The van der Waals surface area contributed by atoms with E-state index in [1.807, 2.05) is 0 Å². The highest BCUT2D eigenvalue weighted by Gasteiger charge is 2.44. The van der Waals surface area contributed by atoms with Crippen LogP contribution in [-0.4, -0.2) is 20.9 Å². The van der Waals surface area contributed by atoms with Crippen molar-refractivity contribution in [3.63, 3.8) is 0 Å². The van der Waals surface area contributed by atoms with E-state index in [2.05, 4.69) is 15.9 Å². The van der Waals surface area contributed by atoms with Crippen molar-refractivity contribution >= 4 is 54.0 Å². The molecular weight excluding hydrogens is 421 g/mol. The molecule has 0 heterocycles. The summed E-state index contributed by atoms with van der Waals surface area (Å²) in [5, 5.41) is 10.1. The second kappa shape index (κ2) is 5.41. The van der Waals surface area contributed by atoms with Crippen LogP contribution in [0.4, 0.5) is 5.69 Å². The van der Waals surface area contributed by atoms with Gasteiger partial charge in [0.25, 0.3) is 0 Å². The minimum absolute atomic E-state index is 0.0484. The van der Waals surface area contributed by atoms with Gasteiger partial charge in [-0.25, -0.2) is 8.42 Å². The van der Waals surface area contributed by atoms with E-state index in [9.17, 15) is 13.5 Å². The molecule has 96 valence electrons. The van der Waals surface area contributed by atoms with E-state index in [0.29, 0.717) is 11.3 Å². The Labute approximate surface area is 123 Å². The molecule has 3 N–H and O–H groups in total. The molecule has 0 fully saturated rings. The highest BCUT2D eigenvalue weighted by molar-refractivity contribution is 14.1. The van der Waals surface area contributed by atoms with Crippen molar-refractivity contribution in [2.75, 3.05) is 11.5 Å². The van der Waals surface area contributed by atoms with Crippen LogP contribution in [0.2, 0.25) is 0 Å². The number of hydrogen-bond acceptors (Lipinski definition) is 4. The van der Waals surface area contributed by atoms with Gasteiger partial charge in [0.05, 0.1) is 0 Å². The van der Waals surface area contributed by atoms with Crippen LogP contribution in [0, 0.1) is 0 Å². The number of nitrogen functional groups attached to an aromatic ring is 1. The first-order chi connectivity index (χ1) is 7.72. The maximum absolute atomic E-state index is 11.9. The summed E-state index contributed by atoms with van der Waals surface area (Å²) in [6.45, 7) is 1.54. The minimum Gasteiger partial charge on any atom is -0.399 e. The van der Waals surface area contributed by atoms with Gasteiger partial charge in [-0.05, 0) is 40.3 Å². The SMILES string of the molecule is CCS(=O)(=O)[C@](Br)(I)[C@H](O)c1ccc(N)cc1. The van der Waals surface area contributed by atoms with Crippen molar-refractivity contribution in [2.24, 2.45) is 0 Å². The molecule has 0 aliphatic carbocycles. The highest BCUT2D eigenvalue weighted by atomic mass is 127. The van der Waals surface area contributed by atoms with E-state index in [1.54, 1.807) is 53.8 Å². The Morgan fingerprint density at radius 1 is 1.47 bits per heavy atom. The number of nitrogens with two attached hydrogens (primary N) is 1. The van der Waals surface area contributed by atoms with Gasteiger partial charge in [-0.1, -0.05) is 35.0 Å². The highest BCUT2D eigenvalue weighted by Crippen LogP contribution is 2.45. The molecule has 0 amide bonds. The van der Waals surface area contributed by atoms with E-state index in [0.717, 1.165) is 0 Å². The predicted octanol–water partition coefficient (Wildman–Crippen LogP) is 2.22. The second-order valence-corrected chi connectivity index (χ2v) is 11.7. The van der Waals surface area contributed by atoms with Crippen LogP contribution in [-0.2, 0) is 9.84 Å². The lowest BCUT2D eigenvalue weighted by Gasteiger charge is -2.26. The van der Waals surface area contributed by atoms with Gasteiger partial charge in [-0.2, -0.15) is 0 Å². The van der Waals surface area contributed by atoms with Gasteiger partial charge in [-0.15, -0.1) is 0 Å². The van der Waals surface area contributed by atoms with Crippen LogP contribution in [0.15, 0.2) is 24.3 Å². The Kier molecular flexibility index (Phi) is 4.84. The molecule has 0 aliphatic heterocycles. The second-order valence-electron chi connectivity index (χ2n) is 3.53. The zero-order chi connectivity index (χ0) is 13.3. The molecule has 4 nitrogen and oxygen atoms in total. The monoisotopic (exact) mass is 433 g/mol. The summed E-state index contributed by atoms with van der Waals surface area (Å²) in [7, 11) is -3.43. The maximum atomic E-state index is 11.9. The first kappa shape index (κ1) is 15.2. The Morgan fingerprint density at radius 3 is 2.35 bits per heavy atom. The Bertz CT molecular complexity index is 487. The number of sulfone groups is 1. The molecule has 0 bridgehead atoms. The van der Waals surface area contributed by atoms with Crippen LogP contribution >= 0.6 is 38.5 Å². The molecular formula is C10H13BrINO3S. The lowest BCUT2D eigenvalue weighted by molar-refractivity contribution is 0.191. The summed E-state index contributed by atoms with van der Waals surface area (Å²) >= 11 is 4.81. The fraction of sp³-hybridized carbons (Fsp3) is 0.400. The molecule has 1 rings (SSSR count). The number of rotatable bonds is 4. The fourth-order valence-corrected chi connectivity index (χ4v) is 4.34. The van der Waals surface area contributed by atoms with Crippen molar-refractivity contribution in [3.8, 4) is 0 Å². The third-order valence-electron chi connectivity index (χ3n) is 2.37. The summed E-state index contributed by atoms with van der Waals surface area (Å²) in [6.07, 6.45) is -1.16. The van der Waals surface area contributed by atoms with Gasteiger partial charge < -0.3 is 10.8 Å². The van der Waals surface area contributed by atoms with Gasteiger partial charge in [0, 0.05) is 11.4 Å². The Morgan fingerprint density at radius 2 is 1.94 bits per heavy atom. The largest absolute Gasteiger partial charge is 0.399 e. The molecule has 1 aromatic carbocycles. The van der Waals surface area contributed by atoms with Crippen LogP contribution in [0.1, 0.15) is 18.6 Å². The lowest BCUT2D eigenvalue weighted by Crippen LogP contribution is -2.33. The summed E-state index contributed by atoms with van der Waals surface area (Å²) in [5.41, 5.74) is 6.60. The molecule has 0 aliphatic rings. The van der Waals surface area contributed by atoms with Gasteiger partial charge in [-0.3, -0.25) is 0 Å². The van der Waals surface area contributed by atoms with E-state index >= 15 is 0 Å². The van der Waals surface area contributed by atoms with E-state index < -0.39 is 17.6 Å². The average Bonchev–Trinajstić information content (AvgIpc) is 2.28. The average molecular weight is 434 g/mol. The molecule has 0 unspecified atom stereocenters. The standard InChI is InChI=1S/C10H13BrINO3S/c1-2-17(15,16)10(11,12)9(14)7-3-5-8(13)6-4-7/h3-6,9,14H,2,13H2,1H3/t9-,10-/m1/s1. The van der Waals surface area contributed by atoms with Crippen LogP contribution in [0.5, 0.6) is 0 Å². The van der Waals surface area contributed by atoms with E-state index in [1.165, 1.54) is 0 Å². The fourth-order valence-electron chi connectivity index (χ4n) is 1.23. The lowest BCUT2D eigenvalue weighted by atomic mass is 10.1. The smallest absolute Gasteiger partial charge is 0.207 e. The van der Waals surface area contributed by atoms with Crippen LogP contribution in [0.3, 0.4) is 0 Å². The number of aliphatic hydroxyl groups is 1. The molecule has 0 radical (unpaired) electrons. The van der Waals surface area contributed by atoms with Crippen LogP contribution < -0.4 is 5.73 Å². The van der Waals surface area contributed by atoms with E-state index in [4.69, 9.17) is 5.73 Å². The third-order valence-corrected chi connectivity index (χ3v) is 8.69. The van der Waals surface area contributed by atoms with Crippen molar-refractivity contribution in [1.29, 1.82) is 0 Å². The number of aliphatic hydroxyl groups excluding tert-OH is 1. The number of benzene rings is 1. The number of alkyl halides is 2. The molecule has 0 aromatic heterocycles. The molecule has 0 saturated heterocycles. The summed E-state index contributed by atoms with van der Waals surface area (Å²) in [6, 6.07) is 6.47. The summed E-state index contributed by atoms with van der Waals surface area (Å²) < 4.78 is 22.3. The van der Waals surface area contributed by atoms with Crippen molar-refractivity contribution in [1.82, 2.24) is 0 Å². The van der Waals surface area contributed by atoms with Gasteiger partial charge in [0.1, 0.15) is 6.10 Å². The minimum atomic E-state index is -3.43. The first-order valence-electron chi connectivity index (χ1n) is 4.86. The maximum Gasteiger partial charge on any atom is 0.207 e. The normalized spacial score (nSPS) is 17.4. The zero-order valence-electron chi connectivity index (χ0n) is 9.10. The third kappa shape index (κ3) is 3.12. The van der Waals surface area contributed by atoms with E-state index in [-0.39, 0.29) is 5.75 Å². The quantitative estimate of drug-likeness (QED) is 0.433. The number of halogens is 2. The van der Waals surface area contributed by atoms with Gasteiger partial charge in [0.2, 0.25) is 1.66 Å². The zero-order valence-corrected chi connectivity index (χ0v) is 13.7. The Balaban J connectivity index is 3.12. The van der Waals surface area contributed by atoms with Crippen LogP contribution in [0.25, 0.3) is 0 Å². The van der Waals surface area contributed by atoms with Crippen molar-refractivity contribution in [3.05, 3.63) is 29.8 Å². The number of anilines is 1. The molecule has 17 heavy (non-hydrogen) atoms. The number of hydrogen-bond donors (Lipinski definition) is 2. The predicted molar refractivity (Wildman–Crippen MR) is 81.0 cm³/mol. The first-order valence-corrected chi connectivity index (χ1v) is 8.38. The molecule has 7 heteroatoms. The van der Waals surface area contributed by atoms with Gasteiger partial charge >= 0.3 is 0 Å². The van der Waals surface area contributed by atoms with Crippen molar-refractivity contribution in [2.45, 2.75) is 14.7 Å². The molecule has 0 saturated carbocycles. The summed E-state index contributed by atoms with van der Waals surface area (Å²) in [5.74, 6) is -0.0484. The molecule has 1 aromatic rings.